The van der Waals surface area contributed by atoms with Gasteiger partial charge in [0.15, 0.2) is 0 Å². The highest BCUT2D eigenvalue weighted by molar-refractivity contribution is 6.30. The fraction of sp³-hybridized carbons (Fsp3) is 0.278. The molecule has 2 amide bonds. The number of methoxy groups -OCH3 is 1. The van der Waals surface area contributed by atoms with E-state index in [1.54, 1.807) is 31.4 Å². The summed E-state index contributed by atoms with van der Waals surface area (Å²) in [6, 6.07) is 14.8. The van der Waals surface area contributed by atoms with Gasteiger partial charge in [-0.3, -0.25) is 0 Å². The van der Waals surface area contributed by atoms with Crippen LogP contribution in [-0.4, -0.2) is 26.3 Å². The minimum atomic E-state index is -0.230. The van der Waals surface area contributed by atoms with Crippen molar-refractivity contribution >= 4 is 17.6 Å². The van der Waals surface area contributed by atoms with Gasteiger partial charge in [0.25, 0.3) is 0 Å². The quantitative estimate of drug-likeness (QED) is 0.719. The van der Waals surface area contributed by atoms with Gasteiger partial charge < -0.3 is 20.1 Å². The molecule has 0 aliphatic carbocycles. The average molecular weight is 349 g/mol. The van der Waals surface area contributed by atoms with Crippen LogP contribution in [0.1, 0.15) is 11.1 Å². The topological polar surface area (TPSA) is 59.6 Å². The summed E-state index contributed by atoms with van der Waals surface area (Å²) in [7, 11) is 1.66. The Morgan fingerprint density at radius 3 is 2.58 bits per heavy atom. The molecular formula is C18H21ClN2O3. The van der Waals surface area contributed by atoms with Crippen LogP contribution in [0, 0.1) is 0 Å². The fourth-order valence-electron chi connectivity index (χ4n) is 2.11. The molecule has 6 heteroatoms. The first-order valence-electron chi connectivity index (χ1n) is 7.64. The van der Waals surface area contributed by atoms with Crippen LogP contribution < -0.4 is 15.4 Å². The fourth-order valence-corrected chi connectivity index (χ4v) is 2.23. The number of nitrogens with one attached hydrogen (secondary N) is 2. The Morgan fingerprint density at radius 1 is 1.08 bits per heavy atom. The molecule has 2 aromatic rings. The molecule has 2 N–H and O–H groups in total. The Kier molecular flexibility index (Phi) is 7.39. The van der Waals surface area contributed by atoms with Gasteiger partial charge in [0.2, 0.25) is 0 Å². The SMILES string of the molecule is COCc1cccc(CNC(=O)NCCOc2ccc(Cl)cc2)c1. The van der Waals surface area contributed by atoms with Crippen LogP contribution in [0.25, 0.3) is 0 Å². The molecule has 128 valence electrons. The Hall–Kier alpha value is -2.24. The molecule has 0 atom stereocenters. The molecule has 24 heavy (non-hydrogen) atoms. The van der Waals surface area contributed by atoms with Gasteiger partial charge >= 0.3 is 6.03 Å². The van der Waals surface area contributed by atoms with E-state index < -0.39 is 0 Å². The highest BCUT2D eigenvalue weighted by atomic mass is 35.5. The maximum absolute atomic E-state index is 11.8. The van der Waals surface area contributed by atoms with Crippen molar-refractivity contribution in [1.82, 2.24) is 10.6 Å². The lowest BCUT2D eigenvalue weighted by Gasteiger charge is -2.10. The van der Waals surface area contributed by atoms with Gasteiger partial charge in [-0.2, -0.15) is 0 Å². The summed E-state index contributed by atoms with van der Waals surface area (Å²) in [6.45, 7) is 1.82. The largest absolute Gasteiger partial charge is 0.492 e. The lowest BCUT2D eigenvalue weighted by atomic mass is 10.1. The standard InChI is InChI=1S/C18H21ClN2O3/c1-23-13-15-4-2-3-14(11-15)12-21-18(22)20-9-10-24-17-7-5-16(19)6-8-17/h2-8,11H,9-10,12-13H2,1H3,(H2,20,21,22). The first-order chi connectivity index (χ1) is 11.7. The monoisotopic (exact) mass is 348 g/mol. The molecule has 0 radical (unpaired) electrons. The Morgan fingerprint density at radius 2 is 1.83 bits per heavy atom. The predicted octanol–water partition coefficient (Wildman–Crippen LogP) is 3.36. The van der Waals surface area contributed by atoms with Crippen LogP contribution in [0.4, 0.5) is 4.79 Å². The first-order valence-corrected chi connectivity index (χ1v) is 8.02. The zero-order chi connectivity index (χ0) is 17.2. The van der Waals surface area contributed by atoms with Crippen molar-refractivity contribution in [2.75, 3.05) is 20.3 Å². The van der Waals surface area contributed by atoms with Crippen LogP contribution in [0.3, 0.4) is 0 Å². The average Bonchev–Trinajstić information content (AvgIpc) is 2.59. The molecular weight excluding hydrogens is 328 g/mol. The van der Waals surface area contributed by atoms with Crippen molar-refractivity contribution in [3.8, 4) is 5.75 Å². The second-order valence-corrected chi connectivity index (χ2v) is 5.60. The normalized spacial score (nSPS) is 10.2. The van der Waals surface area contributed by atoms with Gasteiger partial charge in [-0.1, -0.05) is 35.9 Å². The first kappa shape index (κ1) is 18.1. The third-order valence-electron chi connectivity index (χ3n) is 3.23. The van der Waals surface area contributed by atoms with E-state index in [2.05, 4.69) is 10.6 Å². The highest BCUT2D eigenvalue weighted by Gasteiger charge is 2.01. The van der Waals surface area contributed by atoms with Crippen molar-refractivity contribution in [3.05, 3.63) is 64.7 Å². The van der Waals surface area contributed by atoms with Gasteiger partial charge in [-0.05, 0) is 35.4 Å². The van der Waals surface area contributed by atoms with E-state index >= 15 is 0 Å². The van der Waals surface area contributed by atoms with E-state index in [1.165, 1.54) is 0 Å². The molecule has 0 unspecified atom stereocenters. The number of hydrogen-bond acceptors (Lipinski definition) is 3. The summed E-state index contributed by atoms with van der Waals surface area (Å²) in [6.07, 6.45) is 0. The van der Waals surface area contributed by atoms with Gasteiger partial charge in [-0.15, -0.1) is 0 Å². The van der Waals surface area contributed by atoms with Gasteiger partial charge in [0.1, 0.15) is 12.4 Å². The Labute approximate surface area is 146 Å². The number of hydrogen-bond donors (Lipinski definition) is 2. The second-order valence-electron chi connectivity index (χ2n) is 5.16. The van der Waals surface area contributed by atoms with Crippen molar-refractivity contribution in [3.63, 3.8) is 0 Å². The number of rotatable bonds is 8. The van der Waals surface area contributed by atoms with Crippen LogP contribution in [0.15, 0.2) is 48.5 Å². The van der Waals surface area contributed by atoms with Crippen molar-refractivity contribution in [2.24, 2.45) is 0 Å². The maximum atomic E-state index is 11.8. The van der Waals surface area contributed by atoms with E-state index in [4.69, 9.17) is 21.1 Å². The van der Waals surface area contributed by atoms with Gasteiger partial charge in [-0.25, -0.2) is 4.79 Å². The Bertz CT molecular complexity index is 647. The number of ether oxygens (including phenoxy) is 2. The molecule has 0 aliphatic rings. The minimum absolute atomic E-state index is 0.230. The number of carbonyl (C=O) groups excluding carboxylic acids is 1. The summed E-state index contributed by atoms with van der Waals surface area (Å²) in [5.41, 5.74) is 2.10. The third kappa shape index (κ3) is 6.48. The Balaban J connectivity index is 1.64. The van der Waals surface area contributed by atoms with Gasteiger partial charge in [0, 0.05) is 18.7 Å². The predicted molar refractivity (Wildman–Crippen MR) is 94.3 cm³/mol. The van der Waals surface area contributed by atoms with Crippen LogP contribution in [0.5, 0.6) is 5.75 Å². The summed E-state index contributed by atoms with van der Waals surface area (Å²) >= 11 is 5.80. The smallest absolute Gasteiger partial charge is 0.315 e. The molecule has 0 heterocycles. The number of amides is 2. The van der Waals surface area contributed by atoms with Crippen LogP contribution in [0.2, 0.25) is 5.02 Å². The zero-order valence-electron chi connectivity index (χ0n) is 13.5. The number of urea groups is 1. The van der Waals surface area contributed by atoms with E-state index in [1.807, 2.05) is 24.3 Å². The van der Waals surface area contributed by atoms with Crippen molar-refractivity contribution in [1.29, 1.82) is 0 Å². The number of benzene rings is 2. The molecule has 5 nitrogen and oxygen atoms in total. The van der Waals surface area contributed by atoms with E-state index in [0.29, 0.717) is 31.3 Å². The van der Waals surface area contributed by atoms with E-state index in [9.17, 15) is 4.79 Å². The highest BCUT2D eigenvalue weighted by Crippen LogP contribution is 2.15. The molecule has 0 aliphatic heterocycles. The number of carbonyl (C=O) groups is 1. The molecule has 2 aromatic carbocycles. The zero-order valence-corrected chi connectivity index (χ0v) is 14.3. The minimum Gasteiger partial charge on any atom is -0.492 e. The lowest BCUT2D eigenvalue weighted by molar-refractivity contribution is 0.185. The number of halogens is 1. The third-order valence-corrected chi connectivity index (χ3v) is 3.48. The van der Waals surface area contributed by atoms with Crippen molar-refractivity contribution in [2.45, 2.75) is 13.2 Å². The summed E-state index contributed by atoms with van der Waals surface area (Å²) in [5, 5.41) is 6.22. The molecule has 0 bridgehead atoms. The second kappa shape index (κ2) is 9.80. The molecule has 0 saturated heterocycles. The van der Waals surface area contributed by atoms with E-state index in [-0.39, 0.29) is 6.03 Å². The van der Waals surface area contributed by atoms with Crippen molar-refractivity contribution < 1.29 is 14.3 Å². The molecule has 0 aromatic heterocycles. The summed E-state index contributed by atoms with van der Waals surface area (Å²) in [4.78, 5) is 11.8. The molecule has 0 saturated carbocycles. The van der Waals surface area contributed by atoms with Crippen LogP contribution >= 0.6 is 11.6 Å². The molecule has 2 rings (SSSR count). The van der Waals surface area contributed by atoms with Crippen LogP contribution in [-0.2, 0) is 17.9 Å². The maximum Gasteiger partial charge on any atom is 0.315 e. The molecule has 0 fully saturated rings. The summed E-state index contributed by atoms with van der Waals surface area (Å²) in [5.74, 6) is 0.719. The van der Waals surface area contributed by atoms with Gasteiger partial charge in [0.05, 0.1) is 13.2 Å². The lowest BCUT2D eigenvalue weighted by Crippen LogP contribution is -2.37. The molecule has 0 spiro atoms. The van der Waals surface area contributed by atoms with E-state index in [0.717, 1.165) is 16.9 Å². The summed E-state index contributed by atoms with van der Waals surface area (Å²) < 4.78 is 10.6.